The number of aromatic nitrogens is 2. The van der Waals surface area contributed by atoms with Gasteiger partial charge in [0.05, 0.1) is 39.2 Å². The lowest BCUT2D eigenvalue weighted by Gasteiger charge is -2.16. The Labute approximate surface area is 129 Å². The zero-order valence-electron chi connectivity index (χ0n) is 12.6. The van der Waals surface area contributed by atoms with Crippen LogP contribution in [0.5, 0.6) is 11.5 Å². The molecule has 0 amide bonds. The Hall–Kier alpha value is -2.05. The van der Waals surface area contributed by atoms with E-state index in [9.17, 15) is 0 Å². The fourth-order valence-electron chi connectivity index (χ4n) is 2.56. The van der Waals surface area contributed by atoms with Crippen LogP contribution in [0.3, 0.4) is 0 Å². The number of ether oxygens (including phenoxy) is 3. The third kappa shape index (κ3) is 3.08. The summed E-state index contributed by atoms with van der Waals surface area (Å²) >= 11 is 0. The van der Waals surface area contributed by atoms with E-state index in [1.54, 1.807) is 18.0 Å². The molecule has 2 aromatic rings. The van der Waals surface area contributed by atoms with Crippen molar-refractivity contribution in [2.45, 2.75) is 19.1 Å². The number of aliphatic hydroxyl groups excluding tert-OH is 1. The van der Waals surface area contributed by atoms with Crippen molar-refractivity contribution in [1.29, 1.82) is 0 Å². The third-order valence-electron chi connectivity index (χ3n) is 3.67. The van der Waals surface area contributed by atoms with Crippen LogP contribution < -0.4 is 9.47 Å². The summed E-state index contributed by atoms with van der Waals surface area (Å²) in [5.74, 6) is 1.40. The van der Waals surface area contributed by atoms with Crippen LogP contribution in [-0.4, -0.2) is 47.9 Å². The second-order valence-corrected chi connectivity index (χ2v) is 5.13. The van der Waals surface area contributed by atoms with Crippen molar-refractivity contribution in [2.24, 2.45) is 0 Å². The summed E-state index contributed by atoms with van der Waals surface area (Å²) < 4.78 is 18.5. The Morgan fingerprint density at radius 1 is 1.36 bits per heavy atom. The molecule has 0 radical (unpaired) electrons. The first-order valence-corrected chi connectivity index (χ1v) is 7.37. The van der Waals surface area contributed by atoms with Crippen LogP contribution in [0, 0.1) is 0 Å². The van der Waals surface area contributed by atoms with Gasteiger partial charge in [0.2, 0.25) is 0 Å². The number of hydrogen-bond donors (Lipinski definition) is 1. The van der Waals surface area contributed by atoms with Crippen molar-refractivity contribution in [1.82, 2.24) is 9.78 Å². The first kappa shape index (κ1) is 14.9. The van der Waals surface area contributed by atoms with Gasteiger partial charge in [0.25, 0.3) is 0 Å². The number of hydrogen-bond acceptors (Lipinski definition) is 5. The van der Waals surface area contributed by atoms with E-state index in [2.05, 4.69) is 5.10 Å². The van der Waals surface area contributed by atoms with Gasteiger partial charge in [-0.05, 0) is 24.3 Å². The van der Waals surface area contributed by atoms with Gasteiger partial charge in [0.15, 0.2) is 11.5 Å². The van der Waals surface area contributed by atoms with Crippen LogP contribution >= 0.6 is 0 Å². The van der Waals surface area contributed by atoms with E-state index in [-0.39, 0.29) is 12.7 Å². The Kier molecular flexibility index (Phi) is 4.60. The van der Waals surface area contributed by atoms with Gasteiger partial charge < -0.3 is 19.3 Å². The molecule has 1 atom stereocenters. The molecule has 22 heavy (non-hydrogen) atoms. The third-order valence-corrected chi connectivity index (χ3v) is 3.67. The van der Waals surface area contributed by atoms with Gasteiger partial charge in [-0.2, -0.15) is 5.10 Å². The minimum absolute atomic E-state index is 0.0492. The van der Waals surface area contributed by atoms with E-state index >= 15 is 0 Å². The Balaban J connectivity index is 1.90. The lowest BCUT2D eigenvalue weighted by Crippen LogP contribution is -2.16. The van der Waals surface area contributed by atoms with Crippen LogP contribution in [0.25, 0.3) is 11.3 Å². The van der Waals surface area contributed by atoms with Gasteiger partial charge >= 0.3 is 0 Å². The molecule has 1 aromatic heterocycles. The monoisotopic (exact) mass is 304 g/mol. The molecule has 6 heteroatoms. The number of rotatable bonds is 6. The second kappa shape index (κ2) is 6.81. The first-order chi connectivity index (χ1) is 10.8. The van der Waals surface area contributed by atoms with Crippen LogP contribution in [0.1, 0.15) is 6.42 Å². The van der Waals surface area contributed by atoms with E-state index in [0.29, 0.717) is 24.7 Å². The van der Waals surface area contributed by atoms with Crippen molar-refractivity contribution in [2.75, 3.05) is 26.9 Å². The van der Waals surface area contributed by atoms with Crippen LogP contribution in [0.15, 0.2) is 30.5 Å². The summed E-state index contributed by atoms with van der Waals surface area (Å²) in [6.07, 6.45) is 2.67. The summed E-state index contributed by atoms with van der Waals surface area (Å²) in [4.78, 5) is 0. The van der Waals surface area contributed by atoms with Crippen molar-refractivity contribution in [3.8, 4) is 22.8 Å². The average Bonchev–Trinajstić information content (AvgIpc) is 3.19. The standard InChI is InChI=1S/C16H20N2O4/c1-20-15-3-2-12(14-4-6-17-18(14)7-8-19)10-16(15)22-13-5-9-21-11-13/h2-4,6,10,13,19H,5,7-9,11H2,1H3/t13-/m1/s1. The quantitative estimate of drug-likeness (QED) is 0.880. The SMILES string of the molecule is COc1ccc(-c2ccnn2CCO)cc1O[C@@H]1CCOC1. The molecule has 0 aliphatic carbocycles. The fourth-order valence-corrected chi connectivity index (χ4v) is 2.56. The summed E-state index contributed by atoms with van der Waals surface area (Å²) in [7, 11) is 1.63. The summed E-state index contributed by atoms with van der Waals surface area (Å²) in [6.45, 7) is 1.85. The molecule has 1 fully saturated rings. The Morgan fingerprint density at radius 3 is 3.00 bits per heavy atom. The van der Waals surface area contributed by atoms with E-state index < -0.39 is 0 Å². The molecular weight excluding hydrogens is 284 g/mol. The van der Waals surface area contributed by atoms with Crippen molar-refractivity contribution in [3.63, 3.8) is 0 Å². The van der Waals surface area contributed by atoms with Crippen LogP contribution in [0.4, 0.5) is 0 Å². The molecule has 0 unspecified atom stereocenters. The lowest BCUT2D eigenvalue weighted by molar-refractivity contribution is 0.138. The normalized spacial score (nSPS) is 17.6. The van der Waals surface area contributed by atoms with Gasteiger partial charge in [-0.15, -0.1) is 0 Å². The Morgan fingerprint density at radius 2 is 2.27 bits per heavy atom. The Bertz CT molecular complexity index is 620. The van der Waals surface area contributed by atoms with Gasteiger partial charge in [-0.3, -0.25) is 4.68 Å². The second-order valence-electron chi connectivity index (χ2n) is 5.13. The number of methoxy groups -OCH3 is 1. The molecule has 2 heterocycles. The van der Waals surface area contributed by atoms with Gasteiger partial charge in [0, 0.05) is 18.2 Å². The number of nitrogens with zero attached hydrogens (tertiary/aromatic N) is 2. The van der Waals surface area contributed by atoms with Crippen LogP contribution in [-0.2, 0) is 11.3 Å². The van der Waals surface area contributed by atoms with E-state index in [0.717, 1.165) is 24.3 Å². The van der Waals surface area contributed by atoms with E-state index in [1.807, 2.05) is 24.3 Å². The molecule has 118 valence electrons. The average molecular weight is 304 g/mol. The molecule has 1 N–H and O–H groups in total. The van der Waals surface area contributed by atoms with Gasteiger partial charge in [0.1, 0.15) is 6.10 Å². The predicted octanol–water partition coefficient (Wildman–Crippen LogP) is 1.72. The molecule has 6 nitrogen and oxygen atoms in total. The summed E-state index contributed by atoms with van der Waals surface area (Å²) in [5.41, 5.74) is 1.91. The highest BCUT2D eigenvalue weighted by Crippen LogP contribution is 2.34. The minimum Gasteiger partial charge on any atom is -0.493 e. The lowest BCUT2D eigenvalue weighted by atomic mass is 10.1. The summed E-state index contributed by atoms with van der Waals surface area (Å²) in [5, 5.41) is 13.3. The molecule has 0 bridgehead atoms. The predicted molar refractivity (Wildman–Crippen MR) is 81.2 cm³/mol. The highest BCUT2D eigenvalue weighted by molar-refractivity contribution is 5.64. The van der Waals surface area contributed by atoms with E-state index in [4.69, 9.17) is 19.3 Å². The highest BCUT2D eigenvalue weighted by Gasteiger charge is 2.20. The van der Waals surface area contributed by atoms with Gasteiger partial charge in [-0.25, -0.2) is 0 Å². The highest BCUT2D eigenvalue weighted by atomic mass is 16.6. The largest absolute Gasteiger partial charge is 0.493 e. The van der Waals surface area contributed by atoms with Crippen molar-refractivity contribution in [3.05, 3.63) is 30.5 Å². The zero-order valence-corrected chi connectivity index (χ0v) is 12.6. The number of aliphatic hydroxyl groups is 1. The molecule has 3 rings (SSSR count). The maximum Gasteiger partial charge on any atom is 0.162 e. The minimum atomic E-state index is 0.0492. The maximum absolute atomic E-state index is 9.12. The molecule has 1 aliphatic heterocycles. The molecule has 1 aromatic carbocycles. The molecule has 1 aliphatic rings. The fraction of sp³-hybridized carbons (Fsp3) is 0.438. The topological polar surface area (TPSA) is 65.7 Å². The van der Waals surface area contributed by atoms with Crippen LogP contribution in [0.2, 0.25) is 0 Å². The molecule has 1 saturated heterocycles. The van der Waals surface area contributed by atoms with Crippen molar-refractivity contribution < 1.29 is 19.3 Å². The smallest absolute Gasteiger partial charge is 0.162 e. The molecule has 0 saturated carbocycles. The molecule has 0 spiro atoms. The summed E-state index contributed by atoms with van der Waals surface area (Å²) in [6, 6.07) is 7.71. The maximum atomic E-state index is 9.12. The van der Waals surface area contributed by atoms with Gasteiger partial charge in [-0.1, -0.05) is 0 Å². The first-order valence-electron chi connectivity index (χ1n) is 7.37. The molecular formula is C16H20N2O4. The van der Waals surface area contributed by atoms with E-state index in [1.165, 1.54) is 0 Å². The van der Waals surface area contributed by atoms with Crippen molar-refractivity contribution >= 4 is 0 Å². The zero-order chi connectivity index (χ0) is 15.4. The number of benzene rings is 1.